The SMILES string of the molecule is COc1ccc(C=NNc2nc(-c3ccccc3)cs2)cc1Cn1cccn1. The average Bonchev–Trinajstić information content (AvgIpc) is 3.41. The van der Waals surface area contributed by atoms with E-state index in [9.17, 15) is 0 Å². The Kier molecular flexibility index (Phi) is 5.44. The first kappa shape index (κ1) is 17.9. The van der Waals surface area contributed by atoms with Crippen molar-refractivity contribution in [3.63, 3.8) is 0 Å². The van der Waals surface area contributed by atoms with Gasteiger partial charge in [-0.25, -0.2) is 4.98 Å². The lowest BCUT2D eigenvalue weighted by molar-refractivity contribution is 0.407. The summed E-state index contributed by atoms with van der Waals surface area (Å²) in [5, 5.41) is 11.3. The summed E-state index contributed by atoms with van der Waals surface area (Å²) in [5.74, 6) is 0.827. The van der Waals surface area contributed by atoms with Gasteiger partial charge < -0.3 is 4.74 Å². The summed E-state index contributed by atoms with van der Waals surface area (Å²) in [6.45, 7) is 0.637. The first-order valence-electron chi connectivity index (χ1n) is 8.76. The second-order valence-corrected chi connectivity index (χ2v) is 6.91. The van der Waals surface area contributed by atoms with Gasteiger partial charge in [-0.15, -0.1) is 11.3 Å². The van der Waals surface area contributed by atoms with E-state index in [0.717, 1.165) is 33.3 Å². The van der Waals surface area contributed by atoms with Gasteiger partial charge in [0.25, 0.3) is 0 Å². The lowest BCUT2D eigenvalue weighted by atomic mass is 10.1. The number of rotatable bonds is 7. The molecule has 0 aliphatic rings. The first-order valence-corrected chi connectivity index (χ1v) is 9.64. The zero-order valence-electron chi connectivity index (χ0n) is 15.3. The Bertz CT molecular complexity index is 1060. The molecule has 6 nitrogen and oxygen atoms in total. The Hall–Kier alpha value is -3.45. The summed E-state index contributed by atoms with van der Waals surface area (Å²) in [4.78, 5) is 4.57. The van der Waals surface area contributed by atoms with Crippen molar-refractivity contribution in [2.24, 2.45) is 5.10 Å². The van der Waals surface area contributed by atoms with Crippen molar-refractivity contribution in [1.82, 2.24) is 14.8 Å². The Morgan fingerprint density at radius 3 is 2.86 bits per heavy atom. The molecule has 1 N–H and O–H groups in total. The van der Waals surface area contributed by atoms with Crippen LogP contribution in [-0.4, -0.2) is 28.1 Å². The normalized spacial score (nSPS) is 11.0. The third-order valence-corrected chi connectivity index (χ3v) is 4.89. The van der Waals surface area contributed by atoms with Crippen LogP contribution >= 0.6 is 11.3 Å². The van der Waals surface area contributed by atoms with Crippen LogP contribution < -0.4 is 10.2 Å². The van der Waals surface area contributed by atoms with Gasteiger partial charge in [0.1, 0.15) is 5.75 Å². The molecule has 7 heteroatoms. The molecule has 0 atom stereocenters. The van der Waals surface area contributed by atoms with E-state index in [-0.39, 0.29) is 0 Å². The minimum Gasteiger partial charge on any atom is -0.496 e. The van der Waals surface area contributed by atoms with Crippen LogP contribution in [0.5, 0.6) is 5.75 Å². The van der Waals surface area contributed by atoms with Crippen LogP contribution in [0.25, 0.3) is 11.3 Å². The molecule has 2 aromatic carbocycles. The van der Waals surface area contributed by atoms with Crippen LogP contribution in [0.15, 0.2) is 77.5 Å². The van der Waals surface area contributed by atoms with Crippen molar-refractivity contribution >= 4 is 22.7 Å². The van der Waals surface area contributed by atoms with Gasteiger partial charge in [-0.05, 0) is 29.8 Å². The van der Waals surface area contributed by atoms with E-state index in [4.69, 9.17) is 4.74 Å². The van der Waals surface area contributed by atoms with Crippen LogP contribution in [-0.2, 0) is 6.54 Å². The van der Waals surface area contributed by atoms with Crippen molar-refractivity contribution in [2.45, 2.75) is 6.54 Å². The number of methoxy groups -OCH3 is 1. The highest BCUT2D eigenvalue weighted by Gasteiger charge is 2.06. The van der Waals surface area contributed by atoms with Crippen molar-refractivity contribution in [3.8, 4) is 17.0 Å². The number of hydrogen-bond acceptors (Lipinski definition) is 6. The standard InChI is InChI=1S/C21H19N5OS/c1-27-20-9-8-16(12-18(20)14-26-11-5-10-23-26)13-22-25-21-24-19(15-28-21)17-6-3-2-4-7-17/h2-13,15H,14H2,1H3,(H,24,25). The number of hydrazone groups is 1. The quantitative estimate of drug-likeness (QED) is 0.373. The summed E-state index contributed by atoms with van der Waals surface area (Å²) in [5.41, 5.74) is 7.04. The van der Waals surface area contributed by atoms with E-state index >= 15 is 0 Å². The summed E-state index contributed by atoms with van der Waals surface area (Å²) in [6, 6.07) is 17.9. The molecule has 2 aromatic heterocycles. The van der Waals surface area contributed by atoms with Crippen LogP contribution in [0, 0.1) is 0 Å². The van der Waals surface area contributed by atoms with Crippen molar-refractivity contribution in [1.29, 1.82) is 0 Å². The zero-order chi connectivity index (χ0) is 19.2. The Morgan fingerprint density at radius 1 is 1.18 bits per heavy atom. The summed E-state index contributed by atoms with van der Waals surface area (Å²) in [7, 11) is 1.67. The summed E-state index contributed by atoms with van der Waals surface area (Å²) >= 11 is 1.52. The number of nitrogens with zero attached hydrogens (tertiary/aromatic N) is 4. The number of ether oxygens (including phenoxy) is 1. The van der Waals surface area contributed by atoms with Crippen molar-refractivity contribution in [3.05, 3.63) is 83.5 Å². The molecule has 0 aliphatic carbocycles. The number of anilines is 1. The minimum atomic E-state index is 0.637. The maximum atomic E-state index is 5.46. The molecule has 0 fully saturated rings. The first-order chi connectivity index (χ1) is 13.8. The van der Waals surface area contributed by atoms with Crippen LogP contribution in [0.3, 0.4) is 0 Å². The molecule has 2 heterocycles. The van der Waals surface area contributed by atoms with E-state index in [1.54, 1.807) is 19.5 Å². The maximum Gasteiger partial charge on any atom is 0.203 e. The molecule has 4 aromatic rings. The zero-order valence-corrected chi connectivity index (χ0v) is 16.1. The molecular formula is C21H19N5OS. The number of benzene rings is 2. The van der Waals surface area contributed by atoms with Gasteiger partial charge in [0.2, 0.25) is 5.13 Å². The fourth-order valence-electron chi connectivity index (χ4n) is 2.80. The molecule has 140 valence electrons. The number of nitrogens with one attached hydrogen (secondary N) is 1. The largest absolute Gasteiger partial charge is 0.496 e. The summed E-state index contributed by atoms with van der Waals surface area (Å²) < 4.78 is 7.32. The third-order valence-electron chi connectivity index (χ3n) is 4.14. The van der Waals surface area contributed by atoms with Gasteiger partial charge in [0.15, 0.2) is 0 Å². The predicted molar refractivity (Wildman–Crippen MR) is 113 cm³/mol. The molecule has 0 unspecified atom stereocenters. The molecule has 0 radical (unpaired) electrons. The van der Waals surface area contributed by atoms with Crippen LogP contribution in [0.2, 0.25) is 0 Å². The third kappa shape index (κ3) is 4.27. The highest BCUT2D eigenvalue weighted by molar-refractivity contribution is 7.14. The van der Waals surface area contributed by atoms with Gasteiger partial charge >= 0.3 is 0 Å². The Balaban J connectivity index is 1.45. The lowest BCUT2D eigenvalue weighted by Crippen LogP contribution is -2.03. The lowest BCUT2D eigenvalue weighted by Gasteiger charge is -2.09. The minimum absolute atomic E-state index is 0.637. The number of thiazole rings is 1. The van der Waals surface area contributed by atoms with E-state index in [1.807, 2.05) is 70.9 Å². The fourth-order valence-corrected chi connectivity index (χ4v) is 3.47. The number of hydrogen-bond donors (Lipinski definition) is 1. The molecule has 28 heavy (non-hydrogen) atoms. The molecule has 0 aliphatic heterocycles. The number of aromatic nitrogens is 3. The van der Waals surface area contributed by atoms with E-state index in [0.29, 0.717) is 6.54 Å². The van der Waals surface area contributed by atoms with Gasteiger partial charge in [-0.2, -0.15) is 10.2 Å². The van der Waals surface area contributed by atoms with Gasteiger partial charge in [-0.1, -0.05) is 30.3 Å². The molecular weight excluding hydrogens is 370 g/mol. The Labute approximate surface area is 167 Å². The second-order valence-electron chi connectivity index (χ2n) is 6.05. The molecule has 0 saturated heterocycles. The fraction of sp³-hybridized carbons (Fsp3) is 0.0952. The van der Waals surface area contributed by atoms with Crippen LogP contribution in [0.1, 0.15) is 11.1 Å². The van der Waals surface area contributed by atoms with E-state index in [1.165, 1.54) is 11.3 Å². The molecule has 0 amide bonds. The highest BCUT2D eigenvalue weighted by atomic mass is 32.1. The van der Waals surface area contributed by atoms with E-state index in [2.05, 4.69) is 20.6 Å². The molecule has 0 saturated carbocycles. The second kappa shape index (κ2) is 8.49. The Morgan fingerprint density at radius 2 is 2.07 bits per heavy atom. The maximum absolute atomic E-state index is 5.46. The van der Waals surface area contributed by atoms with Crippen molar-refractivity contribution < 1.29 is 4.74 Å². The van der Waals surface area contributed by atoms with Gasteiger partial charge in [0, 0.05) is 28.9 Å². The highest BCUT2D eigenvalue weighted by Crippen LogP contribution is 2.24. The van der Waals surface area contributed by atoms with Gasteiger partial charge in [-0.3, -0.25) is 10.1 Å². The molecule has 0 spiro atoms. The van der Waals surface area contributed by atoms with Crippen LogP contribution in [0.4, 0.5) is 5.13 Å². The molecule has 4 rings (SSSR count). The topological polar surface area (TPSA) is 64.3 Å². The van der Waals surface area contributed by atoms with Crippen molar-refractivity contribution in [2.75, 3.05) is 12.5 Å². The summed E-state index contributed by atoms with van der Waals surface area (Å²) in [6.07, 6.45) is 5.46. The average molecular weight is 389 g/mol. The van der Waals surface area contributed by atoms with Gasteiger partial charge in [0.05, 0.1) is 25.6 Å². The smallest absolute Gasteiger partial charge is 0.203 e. The monoisotopic (exact) mass is 389 g/mol. The predicted octanol–water partition coefficient (Wildman–Crippen LogP) is 4.51. The molecule has 0 bridgehead atoms. The van der Waals surface area contributed by atoms with E-state index < -0.39 is 0 Å².